The van der Waals surface area contributed by atoms with Gasteiger partial charge >= 0.3 is 0 Å². The Hall–Kier alpha value is -2.50. The third kappa shape index (κ3) is 2.85. The van der Waals surface area contributed by atoms with Crippen molar-refractivity contribution in [1.82, 2.24) is 15.5 Å². The third-order valence-corrected chi connectivity index (χ3v) is 2.84. The van der Waals surface area contributed by atoms with Gasteiger partial charge in [0.2, 0.25) is 0 Å². The van der Waals surface area contributed by atoms with Crippen LogP contribution in [0.5, 0.6) is 5.75 Å². The standard InChI is InChI=1S/C13H16N4O2/c1-8(9-6-15-16-7-9)17-13(18)11-5-10(14)3-4-12(11)19-2/h3-8H,14H2,1-2H3,(H,15,16)(H,17,18). The van der Waals surface area contributed by atoms with Gasteiger partial charge in [0.25, 0.3) is 5.91 Å². The quantitative estimate of drug-likeness (QED) is 0.726. The minimum Gasteiger partial charge on any atom is -0.496 e. The molecule has 0 spiro atoms. The number of ether oxygens (including phenoxy) is 1. The summed E-state index contributed by atoms with van der Waals surface area (Å²) in [6, 6.07) is 4.80. The molecule has 2 rings (SSSR count). The normalized spacial score (nSPS) is 11.9. The fourth-order valence-corrected chi connectivity index (χ4v) is 1.76. The summed E-state index contributed by atoms with van der Waals surface area (Å²) >= 11 is 0. The van der Waals surface area contributed by atoms with Gasteiger partial charge in [-0.3, -0.25) is 9.89 Å². The number of nitrogen functional groups attached to an aromatic ring is 1. The molecule has 0 bridgehead atoms. The Morgan fingerprint density at radius 3 is 2.95 bits per heavy atom. The van der Waals surface area contributed by atoms with Crippen LogP contribution in [0.2, 0.25) is 0 Å². The number of nitrogens with one attached hydrogen (secondary N) is 2. The highest BCUT2D eigenvalue weighted by Gasteiger charge is 2.16. The molecule has 19 heavy (non-hydrogen) atoms. The van der Waals surface area contributed by atoms with Crippen LogP contribution >= 0.6 is 0 Å². The van der Waals surface area contributed by atoms with E-state index in [-0.39, 0.29) is 11.9 Å². The van der Waals surface area contributed by atoms with Gasteiger partial charge in [-0.05, 0) is 25.1 Å². The SMILES string of the molecule is COc1ccc(N)cc1C(=O)NC(C)c1cn[nH]c1. The first-order chi connectivity index (χ1) is 9.11. The van der Waals surface area contributed by atoms with Crippen LogP contribution in [0.15, 0.2) is 30.6 Å². The number of anilines is 1. The summed E-state index contributed by atoms with van der Waals surface area (Å²) in [7, 11) is 1.52. The fraction of sp³-hybridized carbons (Fsp3) is 0.231. The Morgan fingerprint density at radius 2 is 2.32 bits per heavy atom. The summed E-state index contributed by atoms with van der Waals surface area (Å²) in [5.74, 6) is 0.254. The molecule has 0 aliphatic rings. The number of carbonyl (C=O) groups excluding carboxylic acids is 1. The molecular formula is C13H16N4O2. The minimum atomic E-state index is -0.238. The lowest BCUT2D eigenvalue weighted by atomic mass is 10.1. The molecule has 0 fully saturated rings. The zero-order chi connectivity index (χ0) is 13.8. The average Bonchev–Trinajstić information content (AvgIpc) is 2.92. The molecule has 0 radical (unpaired) electrons. The van der Waals surface area contributed by atoms with E-state index in [9.17, 15) is 4.79 Å². The molecule has 0 aliphatic heterocycles. The third-order valence-electron chi connectivity index (χ3n) is 2.84. The lowest BCUT2D eigenvalue weighted by Gasteiger charge is -2.14. The highest BCUT2D eigenvalue weighted by molar-refractivity contribution is 5.98. The van der Waals surface area contributed by atoms with Gasteiger partial charge in [-0.2, -0.15) is 5.10 Å². The molecule has 1 unspecified atom stereocenters. The van der Waals surface area contributed by atoms with Crippen molar-refractivity contribution in [1.29, 1.82) is 0 Å². The number of aromatic nitrogens is 2. The van der Waals surface area contributed by atoms with E-state index >= 15 is 0 Å². The number of nitrogens with zero attached hydrogens (tertiary/aromatic N) is 1. The zero-order valence-corrected chi connectivity index (χ0v) is 10.8. The van der Waals surface area contributed by atoms with Crippen molar-refractivity contribution >= 4 is 11.6 Å². The second kappa shape index (κ2) is 5.43. The highest BCUT2D eigenvalue weighted by Crippen LogP contribution is 2.22. The number of H-pyrrole nitrogens is 1. The lowest BCUT2D eigenvalue weighted by molar-refractivity contribution is 0.0937. The van der Waals surface area contributed by atoms with Crippen molar-refractivity contribution in [3.8, 4) is 5.75 Å². The first-order valence-corrected chi connectivity index (χ1v) is 5.85. The van der Waals surface area contributed by atoms with Crippen molar-refractivity contribution < 1.29 is 9.53 Å². The molecule has 1 heterocycles. The Morgan fingerprint density at radius 1 is 1.53 bits per heavy atom. The summed E-state index contributed by atoms with van der Waals surface area (Å²) in [5.41, 5.74) is 7.52. The van der Waals surface area contributed by atoms with E-state index in [2.05, 4.69) is 15.5 Å². The van der Waals surface area contributed by atoms with Gasteiger partial charge in [-0.25, -0.2) is 0 Å². The summed E-state index contributed by atoms with van der Waals surface area (Å²) < 4.78 is 5.16. The summed E-state index contributed by atoms with van der Waals surface area (Å²) in [6.07, 6.45) is 3.41. The molecule has 6 heteroatoms. The van der Waals surface area contributed by atoms with Crippen LogP contribution in [0.25, 0.3) is 0 Å². The van der Waals surface area contributed by atoms with E-state index in [1.807, 2.05) is 6.92 Å². The largest absolute Gasteiger partial charge is 0.496 e. The second-order valence-electron chi connectivity index (χ2n) is 4.19. The van der Waals surface area contributed by atoms with Crippen molar-refractivity contribution in [3.05, 3.63) is 41.7 Å². The predicted octanol–water partition coefficient (Wildman–Crippen LogP) is 1.49. The van der Waals surface area contributed by atoms with E-state index in [0.29, 0.717) is 17.0 Å². The van der Waals surface area contributed by atoms with Crippen molar-refractivity contribution in [3.63, 3.8) is 0 Å². The molecule has 100 valence electrons. The maximum absolute atomic E-state index is 12.2. The molecule has 1 atom stereocenters. The summed E-state index contributed by atoms with van der Waals surface area (Å²) in [5, 5.41) is 9.43. The first-order valence-electron chi connectivity index (χ1n) is 5.85. The van der Waals surface area contributed by atoms with Gasteiger partial charge in [-0.1, -0.05) is 0 Å². The molecule has 0 aliphatic carbocycles. The van der Waals surface area contributed by atoms with Gasteiger partial charge in [-0.15, -0.1) is 0 Å². The van der Waals surface area contributed by atoms with Crippen LogP contribution in [-0.4, -0.2) is 23.2 Å². The fourth-order valence-electron chi connectivity index (χ4n) is 1.76. The minimum absolute atomic E-state index is 0.155. The van der Waals surface area contributed by atoms with E-state index in [0.717, 1.165) is 5.56 Å². The number of nitrogens with two attached hydrogens (primary N) is 1. The Balaban J connectivity index is 2.18. The molecule has 1 aromatic carbocycles. The number of aromatic amines is 1. The van der Waals surface area contributed by atoms with E-state index in [1.165, 1.54) is 7.11 Å². The molecule has 0 saturated heterocycles. The van der Waals surface area contributed by atoms with Gasteiger partial charge in [0.1, 0.15) is 5.75 Å². The highest BCUT2D eigenvalue weighted by atomic mass is 16.5. The number of amides is 1. The molecular weight excluding hydrogens is 244 g/mol. The zero-order valence-electron chi connectivity index (χ0n) is 10.8. The number of benzene rings is 1. The van der Waals surface area contributed by atoms with Gasteiger partial charge < -0.3 is 15.8 Å². The summed E-state index contributed by atoms with van der Waals surface area (Å²) in [6.45, 7) is 1.88. The molecule has 1 amide bonds. The summed E-state index contributed by atoms with van der Waals surface area (Å²) in [4.78, 5) is 12.2. The average molecular weight is 260 g/mol. The molecule has 0 saturated carbocycles. The number of rotatable bonds is 4. The Kier molecular flexibility index (Phi) is 3.70. The van der Waals surface area contributed by atoms with Gasteiger partial charge in [0.05, 0.1) is 24.9 Å². The van der Waals surface area contributed by atoms with E-state index < -0.39 is 0 Å². The number of methoxy groups -OCH3 is 1. The van der Waals surface area contributed by atoms with E-state index in [1.54, 1.807) is 30.6 Å². The Labute approximate surface area is 111 Å². The van der Waals surface area contributed by atoms with Crippen molar-refractivity contribution in [2.45, 2.75) is 13.0 Å². The predicted molar refractivity (Wildman–Crippen MR) is 71.9 cm³/mol. The Bertz CT molecular complexity index is 566. The van der Waals surface area contributed by atoms with Gasteiger partial charge in [0, 0.05) is 17.4 Å². The molecule has 4 N–H and O–H groups in total. The van der Waals surface area contributed by atoms with Gasteiger partial charge in [0.15, 0.2) is 0 Å². The first kappa shape index (κ1) is 12.9. The maximum Gasteiger partial charge on any atom is 0.255 e. The van der Waals surface area contributed by atoms with E-state index in [4.69, 9.17) is 10.5 Å². The number of carbonyl (C=O) groups is 1. The lowest BCUT2D eigenvalue weighted by Crippen LogP contribution is -2.26. The maximum atomic E-state index is 12.2. The molecule has 6 nitrogen and oxygen atoms in total. The number of hydrogen-bond donors (Lipinski definition) is 3. The van der Waals surface area contributed by atoms with Crippen LogP contribution in [0, 0.1) is 0 Å². The molecule has 1 aromatic heterocycles. The van der Waals surface area contributed by atoms with Crippen LogP contribution in [0.1, 0.15) is 28.9 Å². The second-order valence-corrected chi connectivity index (χ2v) is 4.19. The smallest absolute Gasteiger partial charge is 0.255 e. The van der Waals surface area contributed by atoms with Crippen molar-refractivity contribution in [2.75, 3.05) is 12.8 Å². The van der Waals surface area contributed by atoms with Crippen molar-refractivity contribution in [2.24, 2.45) is 0 Å². The molecule has 2 aromatic rings. The van der Waals surface area contributed by atoms with Crippen LogP contribution in [-0.2, 0) is 0 Å². The monoisotopic (exact) mass is 260 g/mol. The van der Waals surface area contributed by atoms with Crippen LogP contribution < -0.4 is 15.8 Å². The number of hydrogen-bond acceptors (Lipinski definition) is 4. The van der Waals surface area contributed by atoms with Crippen LogP contribution in [0.4, 0.5) is 5.69 Å². The van der Waals surface area contributed by atoms with Crippen LogP contribution in [0.3, 0.4) is 0 Å². The topological polar surface area (TPSA) is 93.0 Å².